The van der Waals surface area contributed by atoms with Crippen molar-refractivity contribution in [2.45, 2.75) is 33.1 Å². The zero-order valence-corrected chi connectivity index (χ0v) is 17.3. The zero-order valence-electron chi connectivity index (χ0n) is 16.5. The van der Waals surface area contributed by atoms with Gasteiger partial charge in [-0.2, -0.15) is 0 Å². The molecule has 0 aromatic heterocycles. The molecule has 7 heteroatoms. The number of ether oxygens (including phenoxy) is 1. The number of carbonyl (C=O) groups is 2. The fourth-order valence-corrected chi connectivity index (χ4v) is 3.44. The Morgan fingerprint density at radius 1 is 1.33 bits per heavy atom. The number of amides is 2. The van der Waals surface area contributed by atoms with Gasteiger partial charge in [-0.25, -0.2) is 0 Å². The van der Waals surface area contributed by atoms with Crippen LogP contribution in [0.4, 0.5) is 5.69 Å². The van der Waals surface area contributed by atoms with Crippen LogP contribution in [0.15, 0.2) is 24.3 Å². The molecule has 2 N–H and O–H groups in total. The van der Waals surface area contributed by atoms with Gasteiger partial charge in [0.1, 0.15) is 5.75 Å². The largest absolute Gasteiger partial charge is 0.497 e. The zero-order chi connectivity index (χ0) is 18.9. The van der Waals surface area contributed by atoms with Crippen LogP contribution in [0.1, 0.15) is 33.1 Å². The van der Waals surface area contributed by atoms with E-state index in [-0.39, 0.29) is 30.8 Å². The first kappa shape index (κ1) is 23.2. The van der Waals surface area contributed by atoms with Gasteiger partial charge in [-0.05, 0) is 56.8 Å². The molecule has 1 unspecified atom stereocenters. The number of anilines is 1. The summed E-state index contributed by atoms with van der Waals surface area (Å²) in [6.45, 7) is 6.73. The van der Waals surface area contributed by atoms with Crippen molar-refractivity contribution in [3.8, 4) is 5.75 Å². The number of hydrogen-bond acceptors (Lipinski definition) is 4. The van der Waals surface area contributed by atoms with E-state index in [1.165, 1.54) is 0 Å². The van der Waals surface area contributed by atoms with Crippen LogP contribution in [0.2, 0.25) is 0 Å². The van der Waals surface area contributed by atoms with Gasteiger partial charge in [0.05, 0.1) is 13.7 Å². The summed E-state index contributed by atoms with van der Waals surface area (Å²) in [7, 11) is 1.59. The monoisotopic (exact) mass is 397 g/mol. The second-order valence-electron chi connectivity index (χ2n) is 6.96. The minimum Gasteiger partial charge on any atom is -0.497 e. The summed E-state index contributed by atoms with van der Waals surface area (Å²) in [6.07, 6.45) is 2.75. The Labute approximate surface area is 168 Å². The van der Waals surface area contributed by atoms with Gasteiger partial charge in [0, 0.05) is 24.7 Å². The summed E-state index contributed by atoms with van der Waals surface area (Å²) >= 11 is 0. The van der Waals surface area contributed by atoms with E-state index in [1.54, 1.807) is 24.1 Å². The molecule has 1 aliphatic heterocycles. The summed E-state index contributed by atoms with van der Waals surface area (Å²) in [4.78, 5) is 26.6. The molecule has 1 aromatic carbocycles. The molecule has 2 rings (SSSR count). The van der Waals surface area contributed by atoms with Crippen molar-refractivity contribution >= 4 is 29.9 Å². The molecule has 6 nitrogen and oxygen atoms in total. The number of rotatable bonds is 8. The molecule has 2 amide bonds. The van der Waals surface area contributed by atoms with E-state index in [2.05, 4.69) is 17.6 Å². The van der Waals surface area contributed by atoms with Gasteiger partial charge in [0.25, 0.3) is 0 Å². The van der Waals surface area contributed by atoms with Crippen LogP contribution in [0.3, 0.4) is 0 Å². The molecule has 1 aliphatic rings. The highest BCUT2D eigenvalue weighted by molar-refractivity contribution is 5.94. The van der Waals surface area contributed by atoms with Gasteiger partial charge in [-0.3, -0.25) is 9.59 Å². The number of halogens is 1. The van der Waals surface area contributed by atoms with E-state index in [0.29, 0.717) is 36.2 Å². The lowest BCUT2D eigenvalue weighted by Gasteiger charge is -2.29. The second-order valence-corrected chi connectivity index (χ2v) is 6.96. The maximum absolute atomic E-state index is 12.6. The van der Waals surface area contributed by atoms with E-state index >= 15 is 0 Å². The van der Waals surface area contributed by atoms with Gasteiger partial charge in [0.2, 0.25) is 11.8 Å². The number of piperidine rings is 1. The highest BCUT2D eigenvalue weighted by Crippen LogP contribution is 2.25. The second kappa shape index (κ2) is 11.8. The number of benzene rings is 1. The van der Waals surface area contributed by atoms with Crippen molar-refractivity contribution in [3.63, 3.8) is 0 Å². The number of carbonyl (C=O) groups excluding carboxylic acids is 2. The number of nitrogens with one attached hydrogen (secondary N) is 2. The molecular formula is C20H32ClN3O3. The topological polar surface area (TPSA) is 70.7 Å². The molecule has 1 atom stereocenters. The fraction of sp³-hybridized carbons (Fsp3) is 0.600. The third-order valence-corrected chi connectivity index (χ3v) is 5.11. The van der Waals surface area contributed by atoms with E-state index < -0.39 is 0 Å². The molecule has 1 saturated heterocycles. The van der Waals surface area contributed by atoms with Crippen molar-refractivity contribution in [1.82, 2.24) is 10.2 Å². The minimum absolute atomic E-state index is 0. The SMILES string of the molecule is CCN(CC(=O)Nc1cccc(OC)c1)C(=O)CC(C)C1CCNCC1.Cl. The summed E-state index contributed by atoms with van der Waals surface area (Å²) in [6, 6.07) is 7.20. The Morgan fingerprint density at radius 3 is 2.67 bits per heavy atom. The summed E-state index contributed by atoms with van der Waals surface area (Å²) in [5.41, 5.74) is 0.668. The van der Waals surface area contributed by atoms with Crippen LogP contribution in [0.5, 0.6) is 5.75 Å². The fourth-order valence-electron chi connectivity index (χ4n) is 3.44. The molecular weight excluding hydrogens is 366 g/mol. The van der Waals surface area contributed by atoms with Crippen LogP contribution >= 0.6 is 12.4 Å². The third-order valence-electron chi connectivity index (χ3n) is 5.11. The summed E-state index contributed by atoms with van der Waals surface area (Å²) < 4.78 is 5.16. The standard InChI is InChI=1S/C20H31N3O3.ClH/c1-4-23(20(25)12-15(2)16-8-10-21-11-9-16)14-19(24)22-17-6-5-7-18(13-17)26-3;/h5-7,13,15-16,21H,4,8-12,14H2,1-3H3,(H,22,24);1H. The maximum atomic E-state index is 12.6. The highest BCUT2D eigenvalue weighted by atomic mass is 35.5. The van der Waals surface area contributed by atoms with Crippen LogP contribution in [0, 0.1) is 11.8 Å². The van der Waals surface area contributed by atoms with Crippen molar-refractivity contribution < 1.29 is 14.3 Å². The normalized spacial score (nSPS) is 15.4. The van der Waals surface area contributed by atoms with Gasteiger partial charge in [-0.15, -0.1) is 12.4 Å². The number of hydrogen-bond donors (Lipinski definition) is 2. The van der Waals surface area contributed by atoms with Crippen molar-refractivity contribution in [3.05, 3.63) is 24.3 Å². The van der Waals surface area contributed by atoms with Gasteiger partial charge in [-0.1, -0.05) is 13.0 Å². The lowest BCUT2D eigenvalue weighted by atomic mass is 9.84. The minimum atomic E-state index is -0.192. The lowest BCUT2D eigenvalue weighted by Crippen LogP contribution is -2.39. The average Bonchev–Trinajstić information content (AvgIpc) is 2.66. The van der Waals surface area contributed by atoms with Crippen LogP contribution < -0.4 is 15.4 Å². The molecule has 1 aromatic rings. The van der Waals surface area contributed by atoms with Crippen molar-refractivity contribution in [2.24, 2.45) is 11.8 Å². The molecule has 1 heterocycles. The molecule has 0 radical (unpaired) electrons. The Morgan fingerprint density at radius 2 is 2.04 bits per heavy atom. The van der Waals surface area contributed by atoms with Crippen LogP contribution in [-0.4, -0.2) is 50.0 Å². The average molecular weight is 398 g/mol. The quantitative estimate of drug-likeness (QED) is 0.707. The Kier molecular flexibility index (Phi) is 10.2. The Bertz CT molecular complexity index is 606. The molecule has 152 valence electrons. The van der Waals surface area contributed by atoms with E-state index in [0.717, 1.165) is 25.9 Å². The molecule has 0 saturated carbocycles. The van der Waals surface area contributed by atoms with Crippen LogP contribution in [-0.2, 0) is 9.59 Å². The predicted octanol–water partition coefficient (Wildman–Crippen LogP) is 2.93. The van der Waals surface area contributed by atoms with Crippen molar-refractivity contribution in [1.29, 1.82) is 0 Å². The number of methoxy groups -OCH3 is 1. The summed E-state index contributed by atoms with van der Waals surface area (Å²) in [5.74, 6) is 1.48. The maximum Gasteiger partial charge on any atom is 0.243 e. The van der Waals surface area contributed by atoms with Gasteiger partial charge < -0.3 is 20.3 Å². The first-order chi connectivity index (χ1) is 12.5. The lowest BCUT2D eigenvalue weighted by molar-refractivity contribution is -0.135. The van der Waals surface area contributed by atoms with Crippen molar-refractivity contribution in [2.75, 3.05) is 38.6 Å². The molecule has 0 aliphatic carbocycles. The van der Waals surface area contributed by atoms with E-state index in [1.807, 2.05) is 19.1 Å². The molecule has 27 heavy (non-hydrogen) atoms. The molecule has 1 fully saturated rings. The van der Waals surface area contributed by atoms with E-state index in [4.69, 9.17) is 4.74 Å². The van der Waals surface area contributed by atoms with Gasteiger partial charge >= 0.3 is 0 Å². The third kappa shape index (κ3) is 7.39. The Hall–Kier alpha value is -1.79. The summed E-state index contributed by atoms with van der Waals surface area (Å²) in [5, 5.41) is 6.19. The van der Waals surface area contributed by atoms with E-state index in [9.17, 15) is 9.59 Å². The number of likely N-dealkylation sites (N-methyl/N-ethyl adjacent to an activating group) is 1. The first-order valence-electron chi connectivity index (χ1n) is 9.45. The number of nitrogens with zero attached hydrogens (tertiary/aromatic N) is 1. The van der Waals surface area contributed by atoms with Gasteiger partial charge in [0.15, 0.2) is 0 Å². The molecule has 0 spiro atoms. The predicted molar refractivity (Wildman–Crippen MR) is 111 cm³/mol. The smallest absolute Gasteiger partial charge is 0.243 e. The first-order valence-corrected chi connectivity index (χ1v) is 9.45. The van der Waals surface area contributed by atoms with Crippen LogP contribution in [0.25, 0.3) is 0 Å². The molecule has 0 bridgehead atoms. The Balaban J connectivity index is 0.00000364. The highest BCUT2D eigenvalue weighted by Gasteiger charge is 2.24.